The van der Waals surface area contributed by atoms with Crippen molar-refractivity contribution in [3.05, 3.63) is 17.6 Å². The summed E-state index contributed by atoms with van der Waals surface area (Å²) < 4.78 is 5.08. The van der Waals surface area contributed by atoms with E-state index in [1.54, 1.807) is 7.11 Å². The summed E-state index contributed by atoms with van der Waals surface area (Å²) in [6, 6.07) is 2.51. The lowest BCUT2D eigenvalue weighted by molar-refractivity contribution is 0.177. The van der Waals surface area contributed by atoms with Crippen LogP contribution >= 0.6 is 0 Å². The minimum Gasteiger partial charge on any atom is -0.377 e. The summed E-state index contributed by atoms with van der Waals surface area (Å²) in [4.78, 5) is 8.79. The Hall–Kier alpha value is -1.20. The molecule has 1 aromatic rings. The third kappa shape index (κ3) is 4.44. The van der Waals surface area contributed by atoms with Crippen LogP contribution in [0.25, 0.3) is 0 Å². The van der Waals surface area contributed by atoms with Crippen LogP contribution < -0.4 is 10.6 Å². The normalized spacial score (nSPS) is 23.3. The number of hydrogen-bond acceptors (Lipinski definition) is 5. The van der Waals surface area contributed by atoms with Crippen LogP contribution in [0.2, 0.25) is 0 Å². The fraction of sp³-hybridized carbons (Fsp3) is 0.714. The first-order chi connectivity index (χ1) is 9.17. The standard InChI is InChI=1S/C14H24N4O/c1-10-4-5-15-12(6-10)8-16-13-7-11(2)17-14(18-13)9-19-3/h7,10,12,15H,4-6,8-9H2,1-3H3,(H,16,17,18)/t10-,12+/m1/s1. The maximum Gasteiger partial charge on any atom is 0.156 e. The second-order valence-corrected chi connectivity index (χ2v) is 5.41. The number of nitrogens with zero attached hydrogens (tertiary/aromatic N) is 2. The van der Waals surface area contributed by atoms with Gasteiger partial charge in [-0.15, -0.1) is 0 Å². The lowest BCUT2D eigenvalue weighted by atomic mass is 9.94. The van der Waals surface area contributed by atoms with Gasteiger partial charge in [-0.25, -0.2) is 9.97 Å². The number of aromatic nitrogens is 2. The molecule has 1 aliphatic heterocycles. The molecule has 0 bridgehead atoms. The number of anilines is 1. The number of methoxy groups -OCH3 is 1. The Morgan fingerprint density at radius 2 is 2.32 bits per heavy atom. The molecule has 2 atom stereocenters. The molecule has 2 N–H and O–H groups in total. The topological polar surface area (TPSA) is 59.1 Å². The molecule has 2 rings (SSSR count). The number of piperidine rings is 1. The van der Waals surface area contributed by atoms with Crippen LogP contribution in [-0.4, -0.2) is 36.2 Å². The molecule has 0 radical (unpaired) electrons. The number of aryl methyl sites for hydroxylation is 1. The third-order valence-electron chi connectivity index (χ3n) is 3.46. The van der Waals surface area contributed by atoms with Gasteiger partial charge in [0.1, 0.15) is 12.4 Å². The zero-order valence-electron chi connectivity index (χ0n) is 12.1. The number of nitrogens with one attached hydrogen (secondary N) is 2. The molecule has 1 saturated heterocycles. The van der Waals surface area contributed by atoms with E-state index in [9.17, 15) is 0 Å². The molecule has 0 aliphatic carbocycles. The van der Waals surface area contributed by atoms with Gasteiger partial charge < -0.3 is 15.4 Å². The smallest absolute Gasteiger partial charge is 0.156 e. The van der Waals surface area contributed by atoms with E-state index in [2.05, 4.69) is 27.5 Å². The summed E-state index contributed by atoms with van der Waals surface area (Å²) in [6.07, 6.45) is 2.50. The summed E-state index contributed by atoms with van der Waals surface area (Å²) in [5.74, 6) is 2.43. The Morgan fingerprint density at radius 3 is 3.05 bits per heavy atom. The number of rotatable bonds is 5. The molecular formula is C14H24N4O. The van der Waals surface area contributed by atoms with Gasteiger partial charge in [0.25, 0.3) is 0 Å². The molecule has 5 nitrogen and oxygen atoms in total. The van der Waals surface area contributed by atoms with Crippen LogP contribution in [0.1, 0.15) is 31.3 Å². The Balaban J connectivity index is 1.91. The van der Waals surface area contributed by atoms with Crippen molar-refractivity contribution in [2.24, 2.45) is 5.92 Å². The number of hydrogen-bond donors (Lipinski definition) is 2. The monoisotopic (exact) mass is 264 g/mol. The van der Waals surface area contributed by atoms with Crippen molar-refractivity contribution in [1.29, 1.82) is 0 Å². The quantitative estimate of drug-likeness (QED) is 0.848. The van der Waals surface area contributed by atoms with E-state index >= 15 is 0 Å². The van der Waals surface area contributed by atoms with Crippen molar-refractivity contribution in [2.45, 2.75) is 39.3 Å². The first-order valence-electron chi connectivity index (χ1n) is 6.98. The van der Waals surface area contributed by atoms with E-state index in [0.29, 0.717) is 12.6 Å². The van der Waals surface area contributed by atoms with Crippen LogP contribution in [0.15, 0.2) is 6.07 Å². The van der Waals surface area contributed by atoms with Gasteiger partial charge in [-0.3, -0.25) is 0 Å². The van der Waals surface area contributed by atoms with E-state index in [4.69, 9.17) is 4.74 Å². The van der Waals surface area contributed by atoms with Crippen molar-refractivity contribution in [1.82, 2.24) is 15.3 Å². The minimum absolute atomic E-state index is 0.453. The fourth-order valence-corrected chi connectivity index (χ4v) is 2.52. The molecule has 0 unspecified atom stereocenters. The second kappa shape index (κ2) is 6.82. The SMILES string of the molecule is COCc1nc(C)cc(NC[C@@H]2C[C@H](C)CCN2)n1. The molecule has 2 heterocycles. The Kier molecular flexibility index (Phi) is 5.10. The summed E-state index contributed by atoms with van der Waals surface area (Å²) >= 11 is 0. The Morgan fingerprint density at radius 1 is 1.47 bits per heavy atom. The maximum atomic E-state index is 5.08. The van der Waals surface area contributed by atoms with E-state index in [1.165, 1.54) is 12.8 Å². The zero-order chi connectivity index (χ0) is 13.7. The summed E-state index contributed by atoms with van der Waals surface area (Å²) in [5, 5.41) is 6.95. The molecular weight excluding hydrogens is 240 g/mol. The molecule has 1 aliphatic rings. The largest absolute Gasteiger partial charge is 0.377 e. The van der Waals surface area contributed by atoms with E-state index < -0.39 is 0 Å². The van der Waals surface area contributed by atoms with Gasteiger partial charge in [-0.1, -0.05) is 6.92 Å². The van der Waals surface area contributed by atoms with Crippen molar-refractivity contribution < 1.29 is 4.74 Å². The predicted octanol–water partition coefficient (Wildman–Crippen LogP) is 1.73. The van der Waals surface area contributed by atoms with Gasteiger partial charge in [0.15, 0.2) is 5.82 Å². The van der Waals surface area contributed by atoms with Gasteiger partial charge in [-0.05, 0) is 32.2 Å². The predicted molar refractivity (Wildman–Crippen MR) is 76.2 cm³/mol. The highest BCUT2D eigenvalue weighted by Gasteiger charge is 2.17. The molecule has 0 spiro atoms. The fourth-order valence-electron chi connectivity index (χ4n) is 2.52. The lowest BCUT2D eigenvalue weighted by Gasteiger charge is -2.28. The highest BCUT2D eigenvalue weighted by molar-refractivity contribution is 5.36. The van der Waals surface area contributed by atoms with E-state index in [1.807, 2.05) is 13.0 Å². The minimum atomic E-state index is 0.453. The summed E-state index contributed by atoms with van der Waals surface area (Å²) in [6.45, 7) is 6.78. The first-order valence-corrected chi connectivity index (χ1v) is 6.98. The van der Waals surface area contributed by atoms with Crippen molar-refractivity contribution >= 4 is 5.82 Å². The highest BCUT2D eigenvalue weighted by Crippen LogP contribution is 2.15. The summed E-state index contributed by atoms with van der Waals surface area (Å²) in [7, 11) is 1.66. The van der Waals surface area contributed by atoms with Gasteiger partial charge in [0, 0.05) is 31.5 Å². The van der Waals surface area contributed by atoms with Crippen LogP contribution in [0.4, 0.5) is 5.82 Å². The van der Waals surface area contributed by atoms with Gasteiger partial charge in [0.05, 0.1) is 0 Å². The van der Waals surface area contributed by atoms with Gasteiger partial charge in [0.2, 0.25) is 0 Å². The van der Waals surface area contributed by atoms with Crippen LogP contribution in [-0.2, 0) is 11.3 Å². The van der Waals surface area contributed by atoms with Crippen LogP contribution in [0, 0.1) is 12.8 Å². The van der Waals surface area contributed by atoms with Crippen LogP contribution in [0.5, 0.6) is 0 Å². The Labute approximate surface area is 115 Å². The number of ether oxygens (including phenoxy) is 1. The van der Waals surface area contributed by atoms with Gasteiger partial charge in [-0.2, -0.15) is 0 Å². The molecule has 1 fully saturated rings. The Bertz CT molecular complexity index is 410. The lowest BCUT2D eigenvalue weighted by Crippen LogP contribution is -2.41. The first kappa shape index (κ1) is 14.2. The van der Waals surface area contributed by atoms with Crippen molar-refractivity contribution in [3.63, 3.8) is 0 Å². The molecule has 19 heavy (non-hydrogen) atoms. The van der Waals surface area contributed by atoms with Crippen molar-refractivity contribution in [3.8, 4) is 0 Å². The van der Waals surface area contributed by atoms with Gasteiger partial charge >= 0.3 is 0 Å². The molecule has 5 heteroatoms. The summed E-state index contributed by atoms with van der Waals surface area (Å²) in [5.41, 5.74) is 0.967. The third-order valence-corrected chi connectivity index (χ3v) is 3.46. The second-order valence-electron chi connectivity index (χ2n) is 5.41. The highest BCUT2D eigenvalue weighted by atomic mass is 16.5. The maximum absolute atomic E-state index is 5.08. The van der Waals surface area contributed by atoms with E-state index in [0.717, 1.165) is 36.3 Å². The molecule has 106 valence electrons. The molecule has 0 aromatic carbocycles. The van der Waals surface area contributed by atoms with E-state index in [-0.39, 0.29) is 0 Å². The van der Waals surface area contributed by atoms with Crippen LogP contribution in [0.3, 0.4) is 0 Å². The molecule has 1 aromatic heterocycles. The molecule has 0 saturated carbocycles. The molecule has 0 amide bonds. The zero-order valence-corrected chi connectivity index (χ0v) is 12.1. The van der Waals surface area contributed by atoms with Crippen molar-refractivity contribution in [2.75, 3.05) is 25.5 Å². The average Bonchev–Trinajstić information content (AvgIpc) is 2.36. The average molecular weight is 264 g/mol.